The van der Waals surface area contributed by atoms with E-state index in [9.17, 15) is 0 Å². The van der Waals surface area contributed by atoms with Crippen LogP contribution in [0.25, 0.3) is 6.08 Å². The summed E-state index contributed by atoms with van der Waals surface area (Å²) in [6.45, 7) is 0. The highest BCUT2D eigenvalue weighted by molar-refractivity contribution is 8.12. The van der Waals surface area contributed by atoms with Crippen molar-refractivity contribution in [3.05, 3.63) is 64.6 Å². The summed E-state index contributed by atoms with van der Waals surface area (Å²) in [5, 5.41) is 0.653. The smallest absolute Gasteiger partial charge is 0.0651 e. The molecular formula is C13H10S. The summed E-state index contributed by atoms with van der Waals surface area (Å²) in [4.78, 5) is 1.51. The first-order chi connectivity index (χ1) is 6.93. The monoisotopic (exact) mass is 198 g/mol. The van der Waals surface area contributed by atoms with Crippen molar-refractivity contribution in [3.8, 4) is 0 Å². The van der Waals surface area contributed by atoms with E-state index in [0.29, 0.717) is 5.25 Å². The second-order valence-corrected chi connectivity index (χ2v) is 4.66. The average molecular weight is 198 g/mol. The minimum Gasteiger partial charge on any atom is -0.115 e. The summed E-state index contributed by atoms with van der Waals surface area (Å²) < 4.78 is 0. The zero-order valence-electron chi connectivity index (χ0n) is 7.68. The van der Waals surface area contributed by atoms with Gasteiger partial charge in [0.2, 0.25) is 0 Å². The number of allylic oxidation sites excluding steroid dienone is 3. The Kier molecular flexibility index (Phi) is 1.84. The normalized spacial score (nSPS) is 25.9. The topological polar surface area (TPSA) is 0 Å². The van der Waals surface area contributed by atoms with E-state index >= 15 is 0 Å². The lowest BCUT2D eigenvalue weighted by Crippen LogP contribution is -1.89. The summed E-state index contributed by atoms with van der Waals surface area (Å²) in [6, 6.07) is 10.5. The first kappa shape index (κ1) is 8.13. The van der Waals surface area contributed by atoms with Gasteiger partial charge < -0.3 is 0 Å². The van der Waals surface area contributed by atoms with Gasteiger partial charge in [0, 0.05) is 4.91 Å². The maximum absolute atomic E-state index is 2.27. The molecule has 1 heteroatoms. The van der Waals surface area contributed by atoms with Crippen LogP contribution >= 0.6 is 11.8 Å². The molecule has 1 unspecified atom stereocenters. The molecule has 0 aromatic heterocycles. The zero-order chi connectivity index (χ0) is 9.38. The SMILES string of the molecule is C1=CC(=Cc2ccccc2)C2SC2=C1. The Labute approximate surface area is 88.0 Å². The number of thioether (sulfide) groups is 1. The third-order valence-corrected chi connectivity index (χ3v) is 3.59. The molecule has 0 radical (unpaired) electrons. The fourth-order valence-corrected chi connectivity index (χ4v) is 2.53. The van der Waals surface area contributed by atoms with Crippen molar-refractivity contribution >= 4 is 17.8 Å². The highest BCUT2D eigenvalue weighted by atomic mass is 32.2. The van der Waals surface area contributed by atoms with Gasteiger partial charge in [0.25, 0.3) is 0 Å². The minimum atomic E-state index is 0.653. The van der Waals surface area contributed by atoms with Crippen LogP contribution in [0.1, 0.15) is 5.56 Å². The maximum Gasteiger partial charge on any atom is 0.0651 e. The summed E-state index contributed by atoms with van der Waals surface area (Å²) in [5.74, 6) is 0. The van der Waals surface area contributed by atoms with E-state index < -0.39 is 0 Å². The molecule has 3 rings (SSSR count). The molecule has 1 aromatic carbocycles. The van der Waals surface area contributed by atoms with E-state index in [4.69, 9.17) is 0 Å². The standard InChI is InChI=1S/C13H10S/c1-2-5-10(6-3-1)9-11-7-4-8-12-13(11)14-12/h1-9,13H. The van der Waals surface area contributed by atoms with Gasteiger partial charge in [-0.05, 0) is 11.1 Å². The summed E-state index contributed by atoms with van der Waals surface area (Å²) >= 11 is 1.96. The van der Waals surface area contributed by atoms with Gasteiger partial charge in [-0.25, -0.2) is 0 Å². The molecule has 1 fully saturated rings. The molecular weight excluding hydrogens is 188 g/mol. The highest BCUT2D eigenvalue weighted by Gasteiger charge is 2.34. The Hall–Kier alpha value is -1.21. The Bertz CT molecular complexity index is 438. The van der Waals surface area contributed by atoms with Crippen LogP contribution in [0, 0.1) is 0 Å². The third-order valence-electron chi connectivity index (χ3n) is 2.44. The fraction of sp³-hybridized carbons (Fsp3) is 0.0769. The van der Waals surface area contributed by atoms with Gasteiger partial charge in [0.1, 0.15) is 0 Å². The molecule has 1 saturated heterocycles. The number of hydrogen-bond donors (Lipinski definition) is 0. The van der Waals surface area contributed by atoms with Gasteiger partial charge in [-0.3, -0.25) is 0 Å². The molecule has 0 amide bonds. The minimum absolute atomic E-state index is 0.653. The summed E-state index contributed by atoms with van der Waals surface area (Å²) in [5.41, 5.74) is 2.72. The second-order valence-electron chi connectivity index (χ2n) is 3.48. The number of rotatable bonds is 1. The molecule has 1 heterocycles. The molecule has 1 aromatic rings. The Morgan fingerprint density at radius 3 is 2.86 bits per heavy atom. The first-order valence-corrected chi connectivity index (χ1v) is 5.63. The molecule has 0 nitrogen and oxygen atoms in total. The van der Waals surface area contributed by atoms with E-state index in [1.165, 1.54) is 16.0 Å². The largest absolute Gasteiger partial charge is 0.115 e. The van der Waals surface area contributed by atoms with Crippen molar-refractivity contribution < 1.29 is 0 Å². The maximum atomic E-state index is 2.27. The predicted octanol–water partition coefficient (Wildman–Crippen LogP) is 3.64. The molecule has 0 saturated carbocycles. The molecule has 0 spiro atoms. The van der Waals surface area contributed by atoms with Crippen LogP contribution in [-0.4, -0.2) is 5.25 Å². The highest BCUT2D eigenvalue weighted by Crippen LogP contribution is 2.53. The van der Waals surface area contributed by atoms with Crippen LogP contribution in [0.15, 0.2) is 59.0 Å². The third kappa shape index (κ3) is 1.44. The van der Waals surface area contributed by atoms with Gasteiger partial charge in [-0.1, -0.05) is 54.6 Å². The lowest BCUT2D eigenvalue weighted by Gasteiger charge is -2.00. The quantitative estimate of drug-likeness (QED) is 0.621. The van der Waals surface area contributed by atoms with Crippen molar-refractivity contribution in [2.75, 3.05) is 0 Å². The lowest BCUT2D eigenvalue weighted by molar-refractivity contribution is 1.37. The Morgan fingerprint density at radius 1 is 1.14 bits per heavy atom. The van der Waals surface area contributed by atoms with E-state index in [-0.39, 0.29) is 0 Å². The van der Waals surface area contributed by atoms with Gasteiger partial charge in [0.05, 0.1) is 5.25 Å². The molecule has 1 atom stereocenters. The van der Waals surface area contributed by atoms with Gasteiger partial charge >= 0.3 is 0 Å². The summed E-state index contributed by atoms with van der Waals surface area (Å²) in [6.07, 6.45) is 8.83. The molecule has 1 aliphatic heterocycles. The molecule has 1 aliphatic carbocycles. The van der Waals surface area contributed by atoms with E-state index in [1.54, 1.807) is 0 Å². The average Bonchev–Trinajstić information content (AvgIpc) is 2.99. The fourth-order valence-electron chi connectivity index (χ4n) is 1.67. The van der Waals surface area contributed by atoms with Gasteiger partial charge in [-0.2, -0.15) is 0 Å². The Balaban J connectivity index is 1.93. The van der Waals surface area contributed by atoms with Crippen LogP contribution in [0.2, 0.25) is 0 Å². The lowest BCUT2D eigenvalue weighted by atomic mass is 10.0. The van der Waals surface area contributed by atoms with Crippen molar-refractivity contribution in [1.29, 1.82) is 0 Å². The zero-order valence-corrected chi connectivity index (χ0v) is 8.50. The van der Waals surface area contributed by atoms with E-state index in [2.05, 4.69) is 54.6 Å². The number of hydrogen-bond acceptors (Lipinski definition) is 1. The van der Waals surface area contributed by atoms with Crippen LogP contribution in [0.3, 0.4) is 0 Å². The molecule has 2 aliphatic rings. The first-order valence-electron chi connectivity index (χ1n) is 4.75. The molecule has 0 bridgehead atoms. The van der Waals surface area contributed by atoms with Gasteiger partial charge in [0.15, 0.2) is 0 Å². The van der Waals surface area contributed by atoms with Crippen LogP contribution in [0.5, 0.6) is 0 Å². The second kappa shape index (κ2) is 3.18. The van der Waals surface area contributed by atoms with Gasteiger partial charge in [-0.15, -0.1) is 11.8 Å². The predicted molar refractivity (Wildman–Crippen MR) is 63.0 cm³/mol. The van der Waals surface area contributed by atoms with E-state index in [1.807, 2.05) is 11.8 Å². The number of fused-ring (bicyclic) bond motifs is 1. The van der Waals surface area contributed by atoms with Crippen LogP contribution < -0.4 is 0 Å². The molecule has 0 N–H and O–H groups in total. The molecule has 14 heavy (non-hydrogen) atoms. The summed E-state index contributed by atoms with van der Waals surface area (Å²) in [7, 11) is 0. The van der Waals surface area contributed by atoms with Crippen LogP contribution in [-0.2, 0) is 0 Å². The number of benzene rings is 1. The van der Waals surface area contributed by atoms with Crippen molar-refractivity contribution in [1.82, 2.24) is 0 Å². The van der Waals surface area contributed by atoms with Crippen molar-refractivity contribution in [2.24, 2.45) is 0 Å². The van der Waals surface area contributed by atoms with Crippen molar-refractivity contribution in [2.45, 2.75) is 5.25 Å². The van der Waals surface area contributed by atoms with Crippen LogP contribution in [0.4, 0.5) is 0 Å². The van der Waals surface area contributed by atoms with E-state index in [0.717, 1.165) is 0 Å². The Morgan fingerprint density at radius 2 is 2.00 bits per heavy atom. The van der Waals surface area contributed by atoms with Crippen molar-refractivity contribution in [3.63, 3.8) is 0 Å². The molecule has 68 valence electrons.